The van der Waals surface area contributed by atoms with Crippen molar-refractivity contribution in [1.82, 2.24) is 0 Å². The molecule has 0 spiro atoms. The van der Waals surface area contributed by atoms with Crippen LogP contribution in [0.2, 0.25) is 0 Å². The molecule has 3 rings (SSSR count). The highest BCUT2D eigenvalue weighted by atomic mass is 16.6. The zero-order chi connectivity index (χ0) is 16.6. The first-order valence-corrected chi connectivity index (χ1v) is 7.94. The fourth-order valence-electron chi connectivity index (χ4n) is 2.58. The second-order valence-electron chi connectivity index (χ2n) is 5.62. The number of carbonyl (C=O) groups is 1. The Bertz CT molecular complexity index is 667. The van der Waals surface area contributed by atoms with Gasteiger partial charge in [0, 0.05) is 0 Å². The third-order valence-electron chi connectivity index (χ3n) is 3.86. The van der Waals surface area contributed by atoms with Gasteiger partial charge >= 0.3 is 0 Å². The van der Waals surface area contributed by atoms with Gasteiger partial charge < -0.3 is 14.2 Å². The van der Waals surface area contributed by atoms with Gasteiger partial charge in [-0.3, -0.25) is 4.79 Å². The van der Waals surface area contributed by atoms with E-state index in [0.29, 0.717) is 25.4 Å². The van der Waals surface area contributed by atoms with Crippen molar-refractivity contribution in [3.63, 3.8) is 0 Å². The summed E-state index contributed by atoms with van der Waals surface area (Å²) in [6.45, 7) is 1.23. The molecule has 0 unspecified atom stereocenters. The Morgan fingerprint density at radius 1 is 0.917 bits per heavy atom. The fourth-order valence-corrected chi connectivity index (χ4v) is 2.58. The maximum atomic E-state index is 11.3. The van der Waals surface area contributed by atoms with Crippen LogP contribution in [0.4, 0.5) is 0 Å². The first kappa shape index (κ1) is 16.4. The molecule has 0 bridgehead atoms. The molecule has 0 aromatic heterocycles. The molecule has 1 aliphatic heterocycles. The van der Waals surface area contributed by atoms with Crippen LogP contribution in [-0.4, -0.2) is 25.1 Å². The zero-order valence-electron chi connectivity index (χ0n) is 13.3. The molecule has 2 aromatic rings. The van der Waals surface area contributed by atoms with Crippen LogP contribution in [0.5, 0.6) is 0 Å². The number of benzene rings is 2. The van der Waals surface area contributed by atoms with E-state index in [0.717, 1.165) is 17.4 Å². The summed E-state index contributed by atoms with van der Waals surface area (Å²) in [5.74, 6) is 0. The Kier molecular flexibility index (Phi) is 5.77. The van der Waals surface area contributed by atoms with Crippen molar-refractivity contribution in [2.75, 3.05) is 6.61 Å². The molecular weight excluding hydrogens is 304 g/mol. The second kappa shape index (κ2) is 8.43. The number of hydrogen-bond acceptors (Lipinski definition) is 4. The molecule has 0 saturated heterocycles. The average Bonchev–Trinajstić information content (AvgIpc) is 2.66. The normalized spacial score (nSPS) is 20.1. The molecule has 24 heavy (non-hydrogen) atoms. The summed E-state index contributed by atoms with van der Waals surface area (Å²) in [6, 6.07) is 19.8. The molecule has 0 aliphatic carbocycles. The van der Waals surface area contributed by atoms with Gasteiger partial charge in [-0.05, 0) is 11.1 Å². The Hall–Kier alpha value is -2.43. The van der Waals surface area contributed by atoms with Crippen molar-refractivity contribution in [2.45, 2.75) is 25.4 Å². The van der Waals surface area contributed by atoms with Gasteiger partial charge in [0.2, 0.25) is 0 Å². The number of hydrogen-bond donors (Lipinski definition) is 0. The summed E-state index contributed by atoms with van der Waals surface area (Å²) in [4.78, 5) is 11.3. The molecular formula is C20H20O4. The highest BCUT2D eigenvalue weighted by molar-refractivity contribution is 5.74. The standard InChI is InChI=1S/C20H20O4/c21-11-18-14-22-15-19(23-12-16-7-3-1-4-8-16)20(18)24-13-17-9-5-2-6-10-17/h1-11,14,19-20H,12-13,15H2/t19-,20+/m1/s1. The van der Waals surface area contributed by atoms with Crippen LogP contribution in [0.25, 0.3) is 0 Å². The highest BCUT2D eigenvalue weighted by Crippen LogP contribution is 2.21. The highest BCUT2D eigenvalue weighted by Gasteiger charge is 2.31. The van der Waals surface area contributed by atoms with E-state index in [9.17, 15) is 4.79 Å². The predicted molar refractivity (Wildman–Crippen MR) is 90.1 cm³/mol. The lowest BCUT2D eigenvalue weighted by atomic mass is 10.0. The summed E-state index contributed by atoms with van der Waals surface area (Å²) in [5, 5.41) is 0. The SMILES string of the molecule is O=CC1=COC[C@@H](OCc2ccccc2)[C@H]1OCc1ccccc1. The molecule has 0 N–H and O–H groups in total. The van der Waals surface area contributed by atoms with Crippen LogP contribution in [0.3, 0.4) is 0 Å². The summed E-state index contributed by atoms with van der Waals surface area (Å²) >= 11 is 0. The van der Waals surface area contributed by atoms with Gasteiger partial charge in [-0.2, -0.15) is 0 Å². The van der Waals surface area contributed by atoms with Crippen LogP contribution in [-0.2, 0) is 32.2 Å². The van der Waals surface area contributed by atoms with E-state index in [4.69, 9.17) is 14.2 Å². The monoisotopic (exact) mass is 324 g/mol. The van der Waals surface area contributed by atoms with Crippen LogP contribution >= 0.6 is 0 Å². The number of aldehydes is 1. The van der Waals surface area contributed by atoms with Crippen molar-refractivity contribution in [2.24, 2.45) is 0 Å². The molecule has 1 heterocycles. The van der Waals surface area contributed by atoms with Crippen molar-refractivity contribution in [3.05, 3.63) is 83.6 Å². The van der Waals surface area contributed by atoms with E-state index in [1.807, 2.05) is 60.7 Å². The topological polar surface area (TPSA) is 44.8 Å². The molecule has 124 valence electrons. The van der Waals surface area contributed by atoms with Gasteiger partial charge in [-0.1, -0.05) is 60.7 Å². The van der Waals surface area contributed by atoms with E-state index < -0.39 is 6.10 Å². The third kappa shape index (κ3) is 4.31. The molecule has 0 saturated carbocycles. The lowest BCUT2D eigenvalue weighted by molar-refractivity contribution is -0.118. The molecule has 4 heteroatoms. The molecule has 4 nitrogen and oxygen atoms in total. The summed E-state index contributed by atoms with van der Waals surface area (Å²) in [7, 11) is 0. The Labute approximate surface area is 141 Å². The van der Waals surface area contributed by atoms with Gasteiger partial charge in [-0.15, -0.1) is 0 Å². The van der Waals surface area contributed by atoms with E-state index >= 15 is 0 Å². The van der Waals surface area contributed by atoms with Crippen molar-refractivity contribution < 1.29 is 19.0 Å². The van der Waals surface area contributed by atoms with Gasteiger partial charge in [-0.25, -0.2) is 0 Å². The number of ether oxygens (including phenoxy) is 3. The van der Waals surface area contributed by atoms with Gasteiger partial charge in [0.15, 0.2) is 6.29 Å². The average molecular weight is 324 g/mol. The Balaban J connectivity index is 1.64. The second-order valence-corrected chi connectivity index (χ2v) is 5.62. The Morgan fingerprint density at radius 3 is 2.08 bits per heavy atom. The van der Waals surface area contributed by atoms with E-state index in [2.05, 4.69) is 0 Å². The van der Waals surface area contributed by atoms with E-state index in [-0.39, 0.29) is 6.10 Å². The summed E-state index contributed by atoms with van der Waals surface area (Å²) in [6.07, 6.45) is 1.48. The lowest BCUT2D eigenvalue weighted by Crippen LogP contribution is -2.40. The minimum atomic E-state index is -0.430. The lowest BCUT2D eigenvalue weighted by Gasteiger charge is -2.30. The minimum absolute atomic E-state index is 0.320. The number of rotatable bonds is 7. The molecule has 0 radical (unpaired) electrons. The van der Waals surface area contributed by atoms with Crippen molar-refractivity contribution in [3.8, 4) is 0 Å². The fraction of sp³-hybridized carbons (Fsp3) is 0.250. The van der Waals surface area contributed by atoms with E-state index in [1.165, 1.54) is 6.26 Å². The molecule has 0 fully saturated rings. The Morgan fingerprint density at radius 2 is 1.50 bits per heavy atom. The maximum Gasteiger partial charge on any atom is 0.151 e. The van der Waals surface area contributed by atoms with E-state index in [1.54, 1.807) is 0 Å². The number of carbonyl (C=O) groups excluding carboxylic acids is 1. The third-order valence-corrected chi connectivity index (χ3v) is 3.86. The van der Waals surface area contributed by atoms with Gasteiger partial charge in [0.05, 0.1) is 25.0 Å². The van der Waals surface area contributed by atoms with Crippen LogP contribution in [0.15, 0.2) is 72.5 Å². The van der Waals surface area contributed by atoms with Gasteiger partial charge in [0.25, 0.3) is 0 Å². The molecule has 2 atom stereocenters. The first-order chi connectivity index (χ1) is 11.9. The maximum absolute atomic E-state index is 11.3. The largest absolute Gasteiger partial charge is 0.498 e. The van der Waals surface area contributed by atoms with Gasteiger partial charge in [0.1, 0.15) is 18.8 Å². The summed E-state index contributed by atoms with van der Waals surface area (Å²) in [5.41, 5.74) is 2.59. The molecule has 1 aliphatic rings. The first-order valence-electron chi connectivity index (χ1n) is 7.94. The van der Waals surface area contributed by atoms with Crippen molar-refractivity contribution in [1.29, 1.82) is 0 Å². The van der Waals surface area contributed by atoms with Crippen molar-refractivity contribution >= 4 is 6.29 Å². The molecule has 2 aromatic carbocycles. The van der Waals surface area contributed by atoms with Crippen LogP contribution in [0, 0.1) is 0 Å². The quantitative estimate of drug-likeness (QED) is 0.733. The van der Waals surface area contributed by atoms with Crippen LogP contribution < -0.4 is 0 Å². The molecule has 0 amide bonds. The summed E-state index contributed by atoms with van der Waals surface area (Å²) < 4.78 is 17.3. The predicted octanol–water partition coefficient (Wildman–Crippen LogP) is 3.27. The van der Waals surface area contributed by atoms with Crippen LogP contribution in [0.1, 0.15) is 11.1 Å². The zero-order valence-corrected chi connectivity index (χ0v) is 13.3. The smallest absolute Gasteiger partial charge is 0.151 e. The minimum Gasteiger partial charge on any atom is -0.498 e.